The van der Waals surface area contributed by atoms with Gasteiger partial charge in [0.25, 0.3) is 0 Å². The van der Waals surface area contributed by atoms with Crippen molar-refractivity contribution in [1.82, 2.24) is 0 Å². The maximum atomic E-state index is 12.8. The highest BCUT2D eigenvalue weighted by molar-refractivity contribution is 7.47. The van der Waals surface area contributed by atoms with Crippen LogP contribution in [0.2, 0.25) is 0 Å². The number of allylic oxidation sites excluding steroid dienone is 6. The normalized spacial score (nSPS) is 13.0. The van der Waals surface area contributed by atoms with Gasteiger partial charge in [-0.25, -0.2) is 4.57 Å². The number of nitrogens with two attached hydrogens (primary N) is 1. The summed E-state index contributed by atoms with van der Waals surface area (Å²) in [4.78, 5) is 35.4. The molecule has 0 radical (unpaired) electrons. The summed E-state index contributed by atoms with van der Waals surface area (Å²) >= 11 is 0. The number of unbranched alkanes of at least 4 members (excludes halogenated alkanes) is 53. The molecule has 502 valence electrons. The molecule has 0 rings (SSSR count). The Balaban J connectivity index is 3.76. The van der Waals surface area contributed by atoms with Crippen LogP contribution in [-0.2, 0) is 32.7 Å². The van der Waals surface area contributed by atoms with E-state index in [4.69, 9.17) is 24.3 Å². The van der Waals surface area contributed by atoms with Gasteiger partial charge in [-0.2, -0.15) is 0 Å². The van der Waals surface area contributed by atoms with E-state index in [0.717, 1.165) is 38.5 Å². The predicted molar refractivity (Wildman–Crippen MR) is 367 cm³/mol. The molecule has 0 heterocycles. The van der Waals surface area contributed by atoms with Crippen molar-refractivity contribution in [2.24, 2.45) is 5.73 Å². The van der Waals surface area contributed by atoms with E-state index in [0.29, 0.717) is 6.42 Å². The van der Waals surface area contributed by atoms with Crippen LogP contribution in [0.5, 0.6) is 0 Å². The van der Waals surface area contributed by atoms with E-state index < -0.39 is 26.5 Å². The van der Waals surface area contributed by atoms with Crippen molar-refractivity contribution < 1.29 is 37.6 Å². The van der Waals surface area contributed by atoms with Crippen LogP contribution in [0, 0.1) is 0 Å². The fourth-order valence-corrected chi connectivity index (χ4v) is 12.2. The standard InChI is InChI=1S/C75H144NO8P/c1-3-5-7-9-11-13-15-17-19-21-23-25-27-29-30-31-32-33-34-35-36-37-38-39-40-41-42-44-46-48-50-52-54-56-58-60-62-64-66-68-75(78)84-73(72-83-85(79,80)82-70-69-76)71-81-74(77)67-65-63-61-59-57-55-53-51-49-47-45-43-28-26-24-22-20-18-16-14-12-10-8-6-4-2/h15,17,21-24,73H,3-14,16,18-20,25-72,76H2,1-2H3,(H,79,80)/b17-15-,23-21-,24-22-. The van der Waals surface area contributed by atoms with Crippen LogP contribution in [-0.4, -0.2) is 49.3 Å². The van der Waals surface area contributed by atoms with E-state index in [1.807, 2.05) is 0 Å². The molecule has 9 nitrogen and oxygen atoms in total. The van der Waals surface area contributed by atoms with Crippen LogP contribution < -0.4 is 5.73 Å². The summed E-state index contributed by atoms with van der Waals surface area (Å²) in [6.45, 7) is 3.81. The first-order valence-electron chi connectivity index (χ1n) is 37.5. The molecule has 10 heteroatoms. The topological polar surface area (TPSA) is 134 Å². The lowest BCUT2D eigenvalue weighted by molar-refractivity contribution is -0.161. The number of hydrogen-bond donors (Lipinski definition) is 2. The maximum Gasteiger partial charge on any atom is 0.472 e. The number of phosphoric acid groups is 1. The lowest BCUT2D eigenvalue weighted by atomic mass is 10.0. The highest BCUT2D eigenvalue weighted by Gasteiger charge is 2.26. The van der Waals surface area contributed by atoms with E-state index >= 15 is 0 Å². The molecule has 0 amide bonds. The number of rotatable bonds is 72. The van der Waals surface area contributed by atoms with Gasteiger partial charge in [0.2, 0.25) is 0 Å². The lowest BCUT2D eigenvalue weighted by Gasteiger charge is -2.19. The fraction of sp³-hybridized carbons (Fsp3) is 0.893. The van der Waals surface area contributed by atoms with Crippen LogP contribution in [0.15, 0.2) is 36.5 Å². The third-order valence-electron chi connectivity index (χ3n) is 17.0. The monoisotopic (exact) mass is 1220 g/mol. The predicted octanol–water partition coefficient (Wildman–Crippen LogP) is 24.6. The van der Waals surface area contributed by atoms with Gasteiger partial charge in [0.1, 0.15) is 6.61 Å². The molecule has 0 spiro atoms. The average Bonchev–Trinajstić information content (AvgIpc) is 3.53. The number of phosphoric ester groups is 1. The Morgan fingerprint density at radius 3 is 0.906 bits per heavy atom. The number of ether oxygens (including phenoxy) is 2. The minimum atomic E-state index is -4.39. The molecule has 0 bridgehead atoms. The van der Waals surface area contributed by atoms with E-state index in [1.165, 1.54) is 327 Å². The van der Waals surface area contributed by atoms with Crippen LogP contribution in [0.4, 0.5) is 0 Å². The second-order valence-corrected chi connectivity index (χ2v) is 27.0. The number of hydrogen-bond acceptors (Lipinski definition) is 8. The minimum Gasteiger partial charge on any atom is -0.462 e. The summed E-state index contributed by atoms with van der Waals surface area (Å²) in [6.07, 6.45) is 89.8. The molecule has 3 N–H and O–H groups in total. The summed E-state index contributed by atoms with van der Waals surface area (Å²) in [7, 11) is -4.39. The summed E-state index contributed by atoms with van der Waals surface area (Å²) in [6, 6.07) is 0. The van der Waals surface area contributed by atoms with Gasteiger partial charge in [-0.1, -0.05) is 352 Å². The van der Waals surface area contributed by atoms with Crippen molar-refractivity contribution in [2.75, 3.05) is 26.4 Å². The Bertz CT molecular complexity index is 1490. The Morgan fingerprint density at radius 2 is 0.612 bits per heavy atom. The van der Waals surface area contributed by atoms with E-state index in [1.54, 1.807) is 0 Å². The number of esters is 2. The molecular weight excluding hydrogens is 1070 g/mol. The van der Waals surface area contributed by atoms with Gasteiger partial charge in [-0.3, -0.25) is 18.6 Å². The van der Waals surface area contributed by atoms with Crippen molar-refractivity contribution in [3.05, 3.63) is 36.5 Å². The molecule has 0 aliphatic carbocycles. The van der Waals surface area contributed by atoms with Gasteiger partial charge in [0, 0.05) is 19.4 Å². The van der Waals surface area contributed by atoms with E-state index in [-0.39, 0.29) is 38.6 Å². The highest BCUT2D eigenvalue weighted by Crippen LogP contribution is 2.43. The molecule has 0 aromatic rings. The smallest absolute Gasteiger partial charge is 0.462 e. The minimum absolute atomic E-state index is 0.0563. The highest BCUT2D eigenvalue weighted by atomic mass is 31.2. The van der Waals surface area contributed by atoms with E-state index in [2.05, 4.69) is 50.3 Å². The van der Waals surface area contributed by atoms with Crippen LogP contribution in [0.3, 0.4) is 0 Å². The molecule has 0 aliphatic rings. The second-order valence-electron chi connectivity index (χ2n) is 25.5. The van der Waals surface area contributed by atoms with Gasteiger partial charge < -0.3 is 20.1 Å². The van der Waals surface area contributed by atoms with Gasteiger partial charge >= 0.3 is 19.8 Å². The van der Waals surface area contributed by atoms with Gasteiger partial charge in [0.05, 0.1) is 13.2 Å². The van der Waals surface area contributed by atoms with Crippen molar-refractivity contribution in [2.45, 2.75) is 405 Å². The van der Waals surface area contributed by atoms with Gasteiger partial charge in [0.15, 0.2) is 6.10 Å². The fourth-order valence-electron chi connectivity index (χ4n) is 11.4. The van der Waals surface area contributed by atoms with Crippen LogP contribution in [0.25, 0.3) is 0 Å². The van der Waals surface area contributed by atoms with Crippen LogP contribution >= 0.6 is 7.82 Å². The first-order chi connectivity index (χ1) is 41.8. The Labute approximate surface area is 528 Å². The van der Waals surface area contributed by atoms with E-state index in [9.17, 15) is 19.0 Å². The molecule has 2 atom stereocenters. The summed E-state index contributed by atoms with van der Waals surface area (Å²) in [5.41, 5.74) is 5.41. The molecule has 85 heavy (non-hydrogen) atoms. The molecule has 0 aliphatic heterocycles. The van der Waals surface area contributed by atoms with Crippen molar-refractivity contribution in [1.29, 1.82) is 0 Å². The first-order valence-corrected chi connectivity index (χ1v) is 39.0. The summed E-state index contributed by atoms with van der Waals surface area (Å²) in [5, 5.41) is 0. The Morgan fingerprint density at radius 1 is 0.353 bits per heavy atom. The summed E-state index contributed by atoms with van der Waals surface area (Å²) < 4.78 is 33.2. The molecule has 0 saturated heterocycles. The molecular formula is C75H144NO8P. The van der Waals surface area contributed by atoms with Crippen molar-refractivity contribution in [3.8, 4) is 0 Å². The Hall–Kier alpha value is -1.77. The molecule has 0 aromatic heterocycles. The number of carbonyl (C=O) groups is 2. The lowest BCUT2D eigenvalue weighted by Crippen LogP contribution is -2.29. The largest absolute Gasteiger partial charge is 0.472 e. The quantitative estimate of drug-likeness (QED) is 0.0264. The second kappa shape index (κ2) is 71.3. The molecule has 0 saturated carbocycles. The third kappa shape index (κ3) is 71.2. The zero-order valence-corrected chi connectivity index (χ0v) is 57.5. The van der Waals surface area contributed by atoms with Crippen molar-refractivity contribution in [3.63, 3.8) is 0 Å². The molecule has 2 unspecified atom stereocenters. The molecule has 0 aromatic carbocycles. The Kier molecular flexibility index (Phi) is 69.8. The first kappa shape index (κ1) is 83.2. The van der Waals surface area contributed by atoms with Crippen molar-refractivity contribution >= 4 is 19.8 Å². The van der Waals surface area contributed by atoms with Gasteiger partial charge in [-0.05, 0) is 70.6 Å². The average molecular weight is 1220 g/mol. The third-order valence-corrected chi connectivity index (χ3v) is 18.0. The zero-order valence-electron chi connectivity index (χ0n) is 56.6. The van der Waals surface area contributed by atoms with Gasteiger partial charge in [-0.15, -0.1) is 0 Å². The molecule has 0 fully saturated rings. The maximum absolute atomic E-state index is 12.8. The zero-order chi connectivity index (χ0) is 61.6. The summed E-state index contributed by atoms with van der Waals surface area (Å²) in [5.74, 6) is -0.804. The van der Waals surface area contributed by atoms with Crippen LogP contribution in [0.1, 0.15) is 399 Å². The SMILES string of the molecule is CCCCCCC/C=C\C/C=C\CCCCCCCCCCCCCCCCCCCCCCCCCCCCCC(=O)OC(COC(=O)CCCCCCCCCCCCCCC/C=C\CCCCCCCCCC)COP(=O)(O)OCCN. The number of carbonyl (C=O) groups excluding carboxylic acids is 2.